The third-order valence-electron chi connectivity index (χ3n) is 1.30. The van der Waals surface area contributed by atoms with E-state index >= 15 is 0 Å². The first-order chi connectivity index (χ1) is 5.65. The molecule has 0 radical (unpaired) electrons. The molecule has 0 saturated carbocycles. The Morgan fingerprint density at radius 3 is 2.83 bits per heavy atom. The normalized spacial score (nSPS) is 9.08. The van der Waals surface area contributed by atoms with Gasteiger partial charge in [-0.05, 0) is 24.1 Å². The van der Waals surface area contributed by atoms with Crippen LogP contribution >= 0.6 is 27.5 Å². The summed E-state index contributed by atoms with van der Waals surface area (Å²) in [6.07, 6.45) is 4.96. The summed E-state index contributed by atoms with van der Waals surface area (Å²) < 4.78 is 0.662. The maximum atomic E-state index is 11.1. The first-order valence-corrected chi connectivity index (χ1v) is 4.28. The molecule has 0 aromatic heterocycles. The average Bonchev–Trinajstić information content (AvgIpc) is 2.08. The summed E-state index contributed by atoms with van der Waals surface area (Å²) in [5.41, 5.74) is 0.421. The number of ketones is 1. The quantitative estimate of drug-likeness (QED) is 0.421. The maximum Gasteiger partial charge on any atom is 0.236 e. The number of carbonyl (C=O) groups is 1. The maximum absolute atomic E-state index is 11.1. The molecule has 1 nitrogen and oxygen atoms in total. The van der Waals surface area contributed by atoms with E-state index in [9.17, 15) is 4.79 Å². The highest BCUT2D eigenvalue weighted by Gasteiger charge is 2.06. The molecule has 0 bridgehead atoms. The lowest BCUT2D eigenvalue weighted by molar-refractivity contribution is 0.105. The largest absolute Gasteiger partial charge is 0.279 e. The second kappa shape index (κ2) is 3.75. The molecule has 0 N–H and O–H groups in total. The molecule has 0 heterocycles. The summed E-state index contributed by atoms with van der Waals surface area (Å²) in [6, 6.07) is 4.90. The molecule has 0 aliphatic carbocycles. The standard InChI is InChI=1S/C9H4BrClO/c1-2-9(12)7-5-6(11)3-4-8(7)10/h1,3-5H. The minimum absolute atomic E-state index is 0.371. The number of terminal acetylenes is 1. The van der Waals surface area contributed by atoms with E-state index in [1.807, 2.05) is 5.92 Å². The van der Waals surface area contributed by atoms with Crippen molar-refractivity contribution >= 4 is 33.3 Å². The zero-order valence-corrected chi connectivity index (χ0v) is 8.32. The van der Waals surface area contributed by atoms with E-state index in [-0.39, 0.29) is 5.78 Å². The number of carbonyl (C=O) groups excluding carboxylic acids is 1. The highest BCUT2D eigenvalue weighted by Crippen LogP contribution is 2.21. The Morgan fingerprint density at radius 2 is 2.25 bits per heavy atom. The Kier molecular flexibility index (Phi) is 2.91. The van der Waals surface area contributed by atoms with Gasteiger partial charge in [0.2, 0.25) is 5.78 Å². The lowest BCUT2D eigenvalue weighted by atomic mass is 10.1. The van der Waals surface area contributed by atoms with Gasteiger partial charge in [-0.25, -0.2) is 0 Å². The van der Waals surface area contributed by atoms with Crippen molar-refractivity contribution < 1.29 is 4.79 Å². The molecular formula is C9H4BrClO. The second-order valence-electron chi connectivity index (χ2n) is 2.10. The van der Waals surface area contributed by atoms with E-state index in [1.165, 1.54) is 6.07 Å². The highest BCUT2D eigenvalue weighted by molar-refractivity contribution is 9.10. The van der Waals surface area contributed by atoms with Gasteiger partial charge in [0.05, 0.1) is 0 Å². The monoisotopic (exact) mass is 242 g/mol. The first-order valence-electron chi connectivity index (χ1n) is 3.11. The van der Waals surface area contributed by atoms with Gasteiger partial charge in [0.15, 0.2) is 0 Å². The van der Waals surface area contributed by atoms with Crippen LogP contribution in [0.1, 0.15) is 10.4 Å². The molecule has 1 rings (SSSR count). The van der Waals surface area contributed by atoms with E-state index in [2.05, 4.69) is 15.9 Å². The van der Waals surface area contributed by atoms with E-state index in [1.54, 1.807) is 12.1 Å². The van der Waals surface area contributed by atoms with Gasteiger partial charge in [-0.15, -0.1) is 6.42 Å². The van der Waals surface area contributed by atoms with Crippen molar-refractivity contribution in [3.63, 3.8) is 0 Å². The number of benzene rings is 1. The van der Waals surface area contributed by atoms with E-state index in [0.717, 1.165) is 0 Å². The fourth-order valence-electron chi connectivity index (χ4n) is 0.749. The molecule has 0 spiro atoms. The van der Waals surface area contributed by atoms with Crippen molar-refractivity contribution in [2.75, 3.05) is 0 Å². The molecule has 3 heteroatoms. The number of rotatable bonds is 1. The number of Topliss-reactive ketones (excluding diaryl/α,β-unsaturated/α-hetero) is 1. The first kappa shape index (κ1) is 9.31. The van der Waals surface area contributed by atoms with Crippen LogP contribution < -0.4 is 0 Å². The van der Waals surface area contributed by atoms with Crippen LogP contribution in [-0.4, -0.2) is 5.78 Å². The minimum atomic E-state index is -0.371. The fourth-order valence-corrected chi connectivity index (χ4v) is 1.35. The summed E-state index contributed by atoms with van der Waals surface area (Å²) in [7, 11) is 0. The zero-order chi connectivity index (χ0) is 9.14. The topological polar surface area (TPSA) is 17.1 Å². The number of halogens is 2. The van der Waals surface area contributed by atoms with Gasteiger partial charge in [0.1, 0.15) is 0 Å². The third-order valence-corrected chi connectivity index (χ3v) is 2.23. The summed E-state index contributed by atoms with van der Waals surface area (Å²) in [5, 5.41) is 0.497. The predicted octanol–water partition coefficient (Wildman–Crippen LogP) is 2.92. The van der Waals surface area contributed by atoms with Crippen LogP contribution in [-0.2, 0) is 0 Å². The molecule has 0 aliphatic rings. The zero-order valence-electron chi connectivity index (χ0n) is 5.97. The van der Waals surface area contributed by atoms with Crippen molar-refractivity contribution in [1.82, 2.24) is 0 Å². The molecule has 0 fully saturated rings. The molecule has 12 heavy (non-hydrogen) atoms. The molecular weight excluding hydrogens is 239 g/mol. The van der Waals surface area contributed by atoms with Crippen LogP contribution in [0.5, 0.6) is 0 Å². The molecule has 0 atom stereocenters. The smallest absolute Gasteiger partial charge is 0.236 e. The van der Waals surface area contributed by atoms with Crippen LogP contribution in [0.3, 0.4) is 0 Å². The number of hydrogen-bond donors (Lipinski definition) is 0. The third kappa shape index (κ3) is 1.88. The van der Waals surface area contributed by atoms with Crippen LogP contribution in [0, 0.1) is 12.3 Å². The van der Waals surface area contributed by atoms with Gasteiger partial charge in [-0.3, -0.25) is 4.79 Å². The van der Waals surface area contributed by atoms with Gasteiger partial charge < -0.3 is 0 Å². The van der Waals surface area contributed by atoms with Crippen molar-refractivity contribution in [3.05, 3.63) is 33.3 Å². The van der Waals surface area contributed by atoms with E-state index < -0.39 is 0 Å². The van der Waals surface area contributed by atoms with Crippen molar-refractivity contribution in [3.8, 4) is 12.3 Å². The summed E-state index contributed by atoms with van der Waals surface area (Å²) in [6.45, 7) is 0. The molecule has 0 saturated heterocycles. The SMILES string of the molecule is C#CC(=O)c1cc(Cl)ccc1Br. The Labute approximate surface area is 83.9 Å². The van der Waals surface area contributed by atoms with Crippen LogP contribution in [0.25, 0.3) is 0 Å². The molecule has 1 aromatic rings. The second-order valence-corrected chi connectivity index (χ2v) is 3.39. The Morgan fingerprint density at radius 1 is 1.58 bits per heavy atom. The molecule has 0 amide bonds. The average molecular weight is 243 g/mol. The molecule has 0 unspecified atom stereocenters. The van der Waals surface area contributed by atoms with Crippen LogP contribution in [0.15, 0.2) is 22.7 Å². The van der Waals surface area contributed by atoms with Crippen LogP contribution in [0.4, 0.5) is 0 Å². The summed E-state index contributed by atoms with van der Waals surface area (Å²) in [4.78, 5) is 11.1. The summed E-state index contributed by atoms with van der Waals surface area (Å²) >= 11 is 8.87. The molecule has 0 aliphatic heterocycles. The van der Waals surface area contributed by atoms with Crippen molar-refractivity contribution in [2.24, 2.45) is 0 Å². The highest BCUT2D eigenvalue weighted by atomic mass is 79.9. The van der Waals surface area contributed by atoms with E-state index in [4.69, 9.17) is 18.0 Å². The van der Waals surface area contributed by atoms with Gasteiger partial charge in [0, 0.05) is 15.1 Å². The van der Waals surface area contributed by atoms with E-state index in [0.29, 0.717) is 15.1 Å². The van der Waals surface area contributed by atoms with Gasteiger partial charge in [0.25, 0.3) is 0 Å². The molecule has 60 valence electrons. The van der Waals surface area contributed by atoms with Crippen molar-refractivity contribution in [2.45, 2.75) is 0 Å². The predicted molar refractivity (Wildman–Crippen MR) is 52.3 cm³/mol. The van der Waals surface area contributed by atoms with Gasteiger partial charge in [-0.1, -0.05) is 27.5 Å². The fraction of sp³-hybridized carbons (Fsp3) is 0. The number of hydrogen-bond acceptors (Lipinski definition) is 1. The van der Waals surface area contributed by atoms with Crippen LogP contribution in [0.2, 0.25) is 5.02 Å². The Balaban J connectivity index is 3.25. The lowest BCUT2D eigenvalue weighted by Crippen LogP contribution is -1.95. The van der Waals surface area contributed by atoms with Gasteiger partial charge in [-0.2, -0.15) is 0 Å². The van der Waals surface area contributed by atoms with Gasteiger partial charge >= 0.3 is 0 Å². The lowest BCUT2D eigenvalue weighted by Gasteiger charge is -1.98. The Bertz CT molecular complexity index is 365. The minimum Gasteiger partial charge on any atom is -0.279 e. The molecule has 1 aromatic carbocycles. The summed E-state index contributed by atoms with van der Waals surface area (Å²) in [5.74, 6) is 1.65. The Hall–Kier alpha value is -0.780. The van der Waals surface area contributed by atoms with Crippen molar-refractivity contribution in [1.29, 1.82) is 0 Å².